The molecule has 2 saturated heterocycles. The van der Waals surface area contributed by atoms with Gasteiger partial charge in [0, 0.05) is 47.4 Å². The fraction of sp³-hybridized carbons (Fsp3) is 0.400. The molecule has 0 saturated carbocycles. The molecule has 0 spiro atoms. The van der Waals surface area contributed by atoms with Gasteiger partial charge in [-0.2, -0.15) is 0 Å². The summed E-state index contributed by atoms with van der Waals surface area (Å²) in [5.74, 6) is -1.43. The summed E-state index contributed by atoms with van der Waals surface area (Å²) in [7, 11) is -3.88. The van der Waals surface area contributed by atoms with Gasteiger partial charge in [-0.05, 0) is 56.4 Å². The van der Waals surface area contributed by atoms with Gasteiger partial charge in [0.2, 0.25) is 0 Å². The zero-order valence-corrected chi connectivity index (χ0v) is 20.6. The van der Waals surface area contributed by atoms with Crippen molar-refractivity contribution in [1.29, 1.82) is 0 Å². The Morgan fingerprint density at radius 1 is 1.12 bits per heavy atom. The van der Waals surface area contributed by atoms with Gasteiger partial charge in [-0.25, -0.2) is 22.2 Å². The van der Waals surface area contributed by atoms with Crippen molar-refractivity contribution in [3.63, 3.8) is 0 Å². The smallest absolute Gasteiger partial charge is 0.187 e. The van der Waals surface area contributed by atoms with Crippen LogP contribution in [0.3, 0.4) is 0 Å². The van der Waals surface area contributed by atoms with Crippen molar-refractivity contribution in [3.05, 3.63) is 75.2 Å². The molecule has 2 bridgehead atoms. The first-order chi connectivity index (χ1) is 16.3. The fourth-order valence-corrected chi connectivity index (χ4v) is 7.35. The molecule has 2 aromatic carbocycles. The van der Waals surface area contributed by atoms with Crippen LogP contribution < -0.4 is 5.32 Å². The highest BCUT2D eigenvalue weighted by atomic mass is 32.2. The van der Waals surface area contributed by atoms with E-state index in [1.165, 1.54) is 56.1 Å². The Balaban J connectivity index is 1.34. The average molecular weight is 504 g/mol. The zero-order chi connectivity index (χ0) is 23.9. The molecule has 3 aromatic rings. The number of hydrogen-bond donors (Lipinski definition) is 1. The molecular weight excluding hydrogens is 476 g/mol. The lowest BCUT2D eigenvalue weighted by molar-refractivity contribution is 0.243. The molecule has 5 nitrogen and oxygen atoms in total. The second-order valence-corrected chi connectivity index (χ2v) is 11.8. The van der Waals surface area contributed by atoms with Crippen LogP contribution in [0, 0.1) is 18.6 Å². The first-order valence-corrected chi connectivity index (χ1v) is 14.1. The van der Waals surface area contributed by atoms with Crippen molar-refractivity contribution in [2.45, 2.75) is 68.4 Å². The number of thiazole rings is 1. The Morgan fingerprint density at radius 3 is 2.53 bits per heavy atom. The van der Waals surface area contributed by atoms with Crippen molar-refractivity contribution < 1.29 is 17.2 Å². The minimum absolute atomic E-state index is 0.190. The molecule has 0 aliphatic carbocycles. The van der Waals surface area contributed by atoms with Gasteiger partial charge in [0.1, 0.15) is 16.5 Å². The Bertz CT molecular complexity index is 1280. The summed E-state index contributed by atoms with van der Waals surface area (Å²) in [5, 5.41) is 4.77. The number of nitrogens with zero attached hydrogens (tertiary/aromatic N) is 2. The molecule has 0 amide bonds. The molecule has 0 radical (unpaired) electrons. The number of nitrogens with one attached hydrogen (secondary N) is 1. The van der Waals surface area contributed by atoms with E-state index in [-0.39, 0.29) is 28.6 Å². The zero-order valence-electron chi connectivity index (χ0n) is 18.9. The van der Waals surface area contributed by atoms with E-state index in [0.717, 1.165) is 5.56 Å². The Kier molecular flexibility index (Phi) is 6.43. The lowest BCUT2D eigenvalue weighted by Gasteiger charge is -2.23. The molecule has 5 rings (SSSR count). The quantitative estimate of drug-likeness (QED) is 0.443. The summed E-state index contributed by atoms with van der Waals surface area (Å²) >= 11 is 1.29. The van der Waals surface area contributed by atoms with Gasteiger partial charge in [-0.3, -0.25) is 4.90 Å². The van der Waals surface area contributed by atoms with Crippen LogP contribution in [0.5, 0.6) is 0 Å². The van der Waals surface area contributed by atoms with Crippen molar-refractivity contribution in [2.75, 3.05) is 5.32 Å². The van der Waals surface area contributed by atoms with Crippen molar-refractivity contribution in [3.8, 4) is 0 Å². The van der Waals surface area contributed by atoms with E-state index in [2.05, 4.69) is 15.2 Å². The maximum absolute atomic E-state index is 15.1. The Morgan fingerprint density at radius 2 is 1.85 bits per heavy atom. The monoisotopic (exact) mass is 503 g/mol. The van der Waals surface area contributed by atoms with E-state index in [1.807, 2.05) is 6.07 Å². The van der Waals surface area contributed by atoms with Crippen LogP contribution in [0.4, 0.5) is 14.5 Å². The normalized spacial score (nSPS) is 20.2. The van der Waals surface area contributed by atoms with Crippen LogP contribution in [-0.4, -0.2) is 30.4 Å². The predicted molar refractivity (Wildman–Crippen MR) is 129 cm³/mol. The lowest BCUT2D eigenvalue weighted by Crippen LogP contribution is -2.28. The SMILES string of the molecule is Cc1c(NCc2c(F)cccc2CN2C3CCC2CC3)ccc(S(=O)(=O)Cc2cscn2)c1F. The fourth-order valence-electron chi connectivity index (χ4n) is 5.28. The number of sulfone groups is 1. The third-order valence-corrected chi connectivity index (χ3v) is 9.43. The number of benzene rings is 2. The largest absolute Gasteiger partial charge is 0.381 e. The van der Waals surface area contributed by atoms with Crippen LogP contribution in [0.1, 0.15) is 48.1 Å². The average Bonchev–Trinajstić information content (AvgIpc) is 3.54. The van der Waals surface area contributed by atoms with Crippen LogP contribution in [0.25, 0.3) is 0 Å². The predicted octanol–water partition coefficient (Wildman–Crippen LogP) is 5.44. The van der Waals surface area contributed by atoms with Gasteiger partial charge in [0.25, 0.3) is 0 Å². The van der Waals surface area contributed by atoms with E-state index >= 15 is 4.39 Å². The molecular formula is C25H27F2N3O2S2. The van der Waals surface area contributed by atoms with Gasteiger partial charge in [0.05, 0.1) is 17.0 Å². The first kappa shape index (κ1) is 23.4. The number of fused-ring (bicyclic) bond motifs is 2. The van der Waals surface area contributed by atoms with E-state index in [4.69, 9.17) is 0 Å². The van der Waals surface area contributed by atoms with Gasteiger partial charge < -0.3 is 5.32 Å². The maximum Gasteiger partial charge on any atom is 0.187 e. The minimum atomic E-state index is -3.88. The van der Waals surface area contributed by atoms with Crippen LogP contribution in [0.15, 0.2) is 46.1 Å². The van der Waals surface area contributed by atoms with Crippen molar-refractivity contribution in [2.24, 2.45) is 0 Å². The summed E-state index contributed by atoms with van der Waals surface area (Å²) in [6.45, 7) is 2.44. The molecule has 2 aliphatic rings. The molecule has 1 N–H and O–H groups in total. The van der Waals surface area contributed by atoms with Gasteiger partial charge in [-0.15, -0.1) is 11.3 Å². The molecule has 2 aliphatic heterocycles. The number of halogens is 2. The summed E-state index contributed by atoms with van der Waals surface area (Å²) in [4.78, 5) is 6.14. The Labute approximate surface area is 202 Å². The second-order valence-electron chi connectivity index (χ2n) is 9.15. The molecule has 0 atom stereocenters. The summed E-state index contributed by atoms with van der Waals surface area (Å²) in [6, 6.07) is 9.14. The van der Waals surface area contributed by atoms with Gasteiger partial charge in [-0.1, -0.05) is 12.1 Å². The highest BCUT2D eigenvalue weighted by molar-refractivity contribution is 7.90. The van der Waals surface area contributed by atoms with Gasteiger partial charge in [0.15, 0.2) is 9.84 Å². The molecule has 180 valence electrons. The highest BCUT2D eigenvalue weighted by Gasteiger charge is 2.39. The number of aromatic nitrogens is 1. The third-order valence-electron chi connectivity index (χ3n) is 7.14. The van der Waals surface area contributed by atoms with E-state index < -0.39 is 15.7 Å². The van der Waals surface area contributed by atoms with Crippen molar-refractivity contribution >= 4 is 26.9 Å². The maximum atomic E-state index is 15.1. The molecule has 2 fully saturated rings. The number of anilines is 1. The molecule has 9 heteroatoms. The van der Waals surface area contributed by atoms with E-state index in [9.17, 15) is 12.8 Å². The van der Waals surface area contributed by atoms with Crippen LogP contribution in [0.2, 0.25) is 0 Å². The summed E-state index contributed by atoms with van der Waals surface area (Å²) in [6.07, 6.45) is 4.85. The lowest BCUT2D eigenvalue weighted by atomic mass is 10.0. The number of rotatable bonds is 8. The molecule has 34 heavy (non-hydrogen) atoms. The van der Waals surface area contributed by atoms with E-state index in [0.29, 0.717) is 35.6 Å². The van der Waals surface area contributed by atoms with Gasteiger partial charge >= 0.3 is 0 Å². The molecule has 3 heterocycles. The summed E-state index contributed by atoms with van der Waals surface area (Å²) in [5.41, 5.74) is 4.07. The standard InChI is InChI=1S/C25H27F2N3O2S2/c1-16-23(9-10-24(25(16)27)34(31,32)14-18-13-33-15-29-18)28-11-21-17(3-2-4-22(21)26)12-30-19-5-6-20(30)8-7-19/h2-4,9-10,13,15,19-20,28H,5-8,11-12,14H2,1H3. The first-order valence-electron chi connectivity index (χ1n) is 11.5. The highest BCUT2D eigenvalue weighted by Crippen LogP contribution is 2.39. The summed E-state index contributed by atoms with van der Waals surface area (Å²) < 4.78 is 55.4. The molecule has 0 unspecified atom stereocenters. The van der Waals surface area contributed by atoms with Crippen LogP contribution >= 0.6 is 11.3 Å². The van der Waals surface area contributed by atoms with Crippen molar-refractivity contribution in [1.82, 2.24) is 9.88 Å². The second kappa shape index (κ2) is 9.36. The Hall–Kier alpha value is -2.36. The third kappa shape index (κ3) is 4.48. The number of hydrogen-bond acceptors (Lipinski definition) is 6. The van der Waals surface area contributed by atoms with E-state index in [1.54, 1.807) is 23.0 Å². The van der Waals surface area contributed by atoms with Crippen LogP contribution in [-0.2, 0) is 28.7 Å². The molecule has 1 aromatic heterocycles. The minimum Gasteiger partial charge on any atom is -0.381 e. The topological polar surface area (TPSA) is 62.3 Å².